The zero-order valence-electron chi connectivity index (χ0n) is 18.0. The maximum absolute atomic E-state index is 13.4. The van der Waals surface area contributed by atoms with Crippen LogP contribution in [0.1, 0.15) is 18.1 Å². The van der Waals surface area contributed by atoms with Crippen LogP contribution in [0.4, 0.5) is 0 Å². The van der Waals surface area contributed by atoms with Crippen molar-refractivity contribution < 1.29 is 9.59 Å². The first-order valence-electron chi connectivity index (χ1n) is 10.6. The first-order chi connectivity index (χ1) is 15.6. The summed E-state index contributed by atoms with van der Waals surface area (Å²) in [5.74, 6) is 0.0202. The van der Waals surface area contributed by atoms with Gasteiger partial charge in [-0.3, -0.25) is 9.59 Å². The van der Waals surface area contributed by atoms with E-state index in [2.05, 4.69) is 5.32 Å². The molecule has 0 aliphatic heterocycles. The highest BCUT2D eigenvalue weighted by atomic mass is 35.5. The number of halogens is 1. The summed E-state index contributed by atoms with van der Waals surface area (Å²) in [7, 11) is 0. The van der Waals surface area contributed by atoms with Gasteiger partial charge in [-0.25, -0.2) is 0 Å². The molecule has 0 unspecified atom stereocenters. The number of likely N-dealkylation sites (N-methyl/N-ethyl adjacent to an activating group) is 1. The number of thioether (sulfide) groups is 1. The lowest BCUT2D eigenvalue weighted by Crippen LogP contribution is -2.51. The second kappa shape index (κ2) is 12.3. The molecule has 166 valence electrons. The molecular weight excluding hydrogens is 440 g/mol. The minimum absolute atomic E-state index is 0.0824. The van der Waals surface area contributed by atoms with E-state index in [1.807, 2.05) is 79.7 Å². The molecule has 3 rings (SSSR count). The van der Waals surface area contributed by atoms with Crippen LogP contribution in [0, 0.1) is 0 Å². The van der Waals surface area contributed by atoms with Crippen molar-refractivity contribution in [3.8, 4) is 0 Å². The van der Waals surface area contributed by atoms with Gasteiger partial charge in [0.25, 0.3) is 0 Å². The van der Waals surface area contributed by atoms with E-state index in [1.54, 1.807) is 17.0 Å². The number of carbonyl (C=O) groups is 2. The lowest BCUT2D eigenvalue weighted by Gasteiger charge is -2.31. The van der Waals surface area contributed by atoms with Gasteiger partial charge in [0, 0.05) is 29.4 Å². The lowest BCUT2D eigenvalue weighted by atomic mass is 10.0. The van der Waals surface area contributed by atoms with E-state index >= 15 is 0 Å². The van der Waals surface area contributed by atoms with Crippen LogP contribution in [0.25, 0.3) is 0 Å². The molecule has 0 saturated carbocycles. The molecule has 2 amide bonds. The van der Waals surface area contributed by atoms with Gasteiger partial charge in [-0.2, -0.15) is 0 Å². The predicted octanol–water partition coefficient (Wildman–Crippen LogP) is 5.21. The van der Waals surface area contributed by atoms with Gasteiger partial charge < -0.3 is 10.2 Å². The highest BCUT2D eigenvalue weighted by Gasteiger charge is 2.30. The van der Waals surface area contributed by atoms with Crippen LogP contribution in [-0.2, 0) is 22.6 Å². The Kier molecular flexibility index (Phi) is 9.20. The summed E-state index contributed by atoms with van der Waals surface area (Å²) in [4.78, 5) is 29.2. The van der Waals surface area contributed by atoms with Crippen LogP contribution in [0.2, 0.25) is 5.02 Å². The van der Waals surface area contributed by atoms with Crippen molar-refractivity contribution in [2.45, 2.75) is 30.8 Å². The van der Waals surface area contributed by atoms with E-state index in [0.717, 1.165) is 16.0 Å². The molecule has 6 heteroatoms. The Hall–Kier alpha value is -2.76. The summed E-state index contributed by atoms with van der Waals surface area (Å²) < 4.78 is 0. The Morgan fingerprint density at radius 2 is 1.53 bits per heavy atom. The van der Waals surface area contributed by atoms with Gasteiger partial charge in [0.05, 0.1) is 5.75 Å². The summed E-state index contributed by atoms with van der Waals surface area (Å²) in [5.41, 5.74) is 1.93. The van der Waals surface area contributed by atoms with Gasteiger partial charge in [0.2, 0.25) is 11.8 Å². The van der Waals surface area contributed by atoms with Gasteiger partial charge in [0.1, 0.15) is 6.04 Å². The van der Waals surface area contributed by atoms with Crippen LogP contribution in [-0.4, -0.2) is 35.1 Å². The molecule has 0 aromatic heterocycles. The molecule has 0 fully saturated rings. The molecule has 3 aromatic rings. The fraction of sp³-hybridized carbons (Fsp3) is 0.231. The molecule has 3 aromatic carbocycles. The van der Waals surface area contributed by atoms with Crippen molar-refractivity contribution in [2.75, 3.05) is 12.3 Å². The first kappa shape index (κ1) is 23.9. The quantitative estimate of drug-likeness (QED) is 0.417. The molecule has 0 saturated heterocycles. The van der Waals surface area contributed by atoms with Gasteiger partial charge >= 0.3 is 0 Å². The van der Waals surface area contributed by atoms with Gasteiger partial charge in [-0.15, -0.1) is 11.8 Å². The predicted molar refractivity (Wildman–Crippen MR) is 132 cm³/mol. The Morgan fingerprint density at radius 3 is 2.16 bits per heavy atom. The van der Waals surface area contributed by atoms with E-state index in [4.69, 9.17) is 11.6 Å². The summed E-state index contributed by atoms with van der Waals surface area (Å²) in [6.07, 6.45) is 0.446. The van der Waals surface area contributed by atoms with E-state index in [-0.39, 0.29) is 17.6 Å². The third kappa shape index (κ3) is 7.14. The molecular formula is C26H27ClN2O2S. The van der Waals surface area contributed by atoms with E-state index in [1.165, 1.54) is 11.8 Å². The average molecular weight is 467 g/mol. The number of hydrogen-bond acceptors (Lipinski definition) is 3. The number of rotatable bonds is 10. The third-order valence-corrected chi connectivity index (χ3v) is 6.24. The Morgan fingerprint density at radius 1 is 0.906 bits per heavy atom. The van der Waals surface area contributed by atoms with Crippen molar-refractivity contribution >= 4 is 35.2 Å². The van der Waals surface area contributed by atoms with Crippen molar-refractivity contribution in [3.05, 3.63) is 101 Å². The zero-order valence-corrected chi connectivity index (χ0v) is 19.6. The lowest BCUT2D eigenvalue weighted by molar-refractivity contribution is -0.139. The normalized spacial score (nSPS) is 11.6. The highest BCUT2D eigenvalue weighted by Crippen LogP contribution is 2.21. The number of amides is 2. The first-order valence-corrected chi connectivity index (χ1v) is 12.0. The summed E-state index contributed by atoms with van der Waals surface area (Å²) >= 11 is 7.52. The van der Waals surface area contributed by atoms with Crippen molar-refractivity contribution in [3.63, 3.8) is 0 Å². The fourth-order valence-electron chi connectivity index (χ4n) is 3.38. The maximum Gasteiger partial charge on any atom is 0.243 e. The molecule has 0 bridgehead atoms. The Labute approximate surface area is 199 Å². The second-order valence-corrected chi connectivity index (χ2v) is 8.84. The van der Waals surface area contributed by atoms with Crippen LogP contribution >= 0.6 is 23.4 Å². The molecule has 1 N–H and O–H groups in total. The number of hydrogen-bond donors (Lipinski definition) is 1. The molecule has 0 heterocycles. The van der Waals surface area contributed by atoms with E-state index in [0.29, 0.717) is 24.5 Å². The molecule has 32 heavy (non-hydrogen) atoms. The Bertz CT molecular complexity index is 997. The second-order valence-electron chi connectivity index (χ2n) is 7.35. The summed E-state index contributed by atoms with van der Waals surface area (Å²) in [5, 5.41) is 3.54. The molecule has 0 spiro atoms. The SMILES string of the molecule is CCNC(=O)[C@@H](Cc1ccccc1)N(Cc1ccc(Cl)cc1)C(=O)CSc1ccccc1. The molecule has 0 aliphatic rings. The zero-order chi connectivity index (χ0) is 22.8. The third-order valence-electron chi connectivity index (χ3n) is 4.99. The van der Waals surface area contributed by atoms with Crippen LogP contribution < -0.4 is 5.32 Å². The number of carbonyl (C=O) groups excluding carboxylic acids is 2. The van der Waals surface area contributed by atoms with E-state index in [9.17, 15) is 9.59 Å². The van der Waals surface area contributed by atoms with Crippen LogP contribution in [0.15, 0.2) is 89.8 Å². The average Bonchev–Trinajstić information content (AvgIpc) is 2.82. The number of benzene rings is 3. The van der Waals surface area contributed by atoms with Crippen LogP contribution in [0.5, 0.6) is 0 Å². The Balaban J connectivity index is 1.87. The van der Waals surface area contributed by atoms with Crippen molar-refractivity contribution in [2.24, 2.45) is 0 Å². The largest absolute Gasteiger partial charge is 0.355 e. The number of nitrogens with one attached hydrogen (secondary N) is 1. The smallest absolute Gasteiger partial charge is 0.243 e. The van der Waals surface area contributed by atoms with Gasteiger partial charge in [-0.05, 0) is 42.3 Å². The summed E-state index contributed by atoms with van der Waals surface area (Å²) in [6, 6.07) is 26.4. The van der Waals surface area contributed by atoms with E-state index < -0.39 is 6.04 Å². The minimum Gasteiger partial charge on any atom is -0.355 e. The van der Waals surface area contributed by atoms with Gasteiger partial charge in [-0.1, -0.05) is 72.3 Å². The maximum atomic E-state index is 13.4. The molecule has 0 radical (unpaired) electrons. The van der Waals surface area contributed by atoms with Crippen molar-refractivity contribution in [1.82, 2.24) is 10.2 Å². The molecule has 4 nitrogen and oxygen atoms in total. The fourth-order valence-corrected chi connectivity index (χ4v) is 4.31. The standard InChI is InChI=1S/C26H27ClN2O2S/c1-2-28-26(31)24(17-20-9-5-3-6-10-20)29(18-21-13-15-22(27)16-14-21)25(30)19-32-23-11-7-4-8-12-23/h3-16,24H,2,17-19H2,1H3,(H,28,31)/t24-/m1/s1. The number of nitrogens with zero attached hydrogens (tertiary/aromatic N) is 1. The minimum atomic E-state index is -0.614. The van der Waals surface area contributed by atoms with Crippen molar-refractivity contribution in [1.29, 1.82) is 0 Å². The summed E-state index contributed by atoms with van der Waals surface area (Å²) in [6.45, 7) is 2.72. The molecule has 1 atom stereocenters. The van der Waals surface area contributed by atoms with Crippen LogP contribution in [0.3, 0.4) is 0 Å². The van der Waals surface area contributed by atoms with Gasteiger partial charge in [0.15, 0.2) is 0 Å². The topological polar surface area (TPSA) is 49.4 Å². The highest BCUT2D eigenvalue weighted by molar-refractivity contribution is 8.00. The molecule has 0 aliphatic carbocycles. The monoisotopic (exact) mass is 466 g/mol.